The van der Waals surface area contributed by atoms with Crippen LogP contribution in [0.3, 0.4) is 0 Å². The molecule has 31 heavy (non-hydrogen) atoms. The van der Waals surface area contributed by atoms with Crippen LogP contribution in [0, 0.1) is 0 Å². The van der Waals surface area contributed by atoms with Gasteiger partial charge in [0.15, 0.2) is 11.5 Å². The highest BCUT2D eigenvalue weighted by Crippen LogP contribution is 2.37. The molecule has 2 fully saturated rings. The Bertz CT molecular complexity index is 905. The highest BCUT2D eigenvalue weighted by Gasteiger charge is 2.31. The maximum absolute atomic E-state index is 13.1. The second-order valence-corrected chi connectivity index (χ2v) is 8.53. The highest BCUT2D eigenvalue weighted by molar-refractivity contribution is 5.80. The van der Waals surface area contributed by atoms with E-state index in [0.29, 0.717) is 36.4 Å². The van der Waals surface area contributed by atoms with Gasteiger partial charge in [0.25, 0.3) is 0 Å². The van der Waals surface area contributed by atoms with Gasteiger partial charge in [-0.3, -0.25) is 4.79 Å². The van der Waals surface area contributed by atoms with Crippen molar-refractivity contribution in [3.63, 3.8) is 0 Å². The van der Waals surface area contributed by atoms with Crippen molar-refractivity contribution >= 4 is 5.91 Å². The van der Waals surface area contributed by atoms with Gasteiger partial charge in [-0.2, -0.15) is 0 Å². The Morgan fingerprint density at radius 1 is 0.968 bits per heavy atom. The van der Waals surface area contributed by atoms with E-state index < -0.39 is 13.3 Å². The van der Waals surface area contributed by atoms with Crippen LogP contribution in [0.4, 0.5) is 8.78 Å². The average Bonchev–Trinajstić information content (AvgIpc) is 3.43. The summed E-state index contributed by atoms with van der Waals surface area (Å²) in [4.78, 5) is 14.4. The molecule has 166 valence electrons. The van der Waals surface area contributed by atoms with Crippen LogP contribution in [0.5, 0.6) is 11.5 Å². The number of alkyl halides is 2. The number of likely N-dealkylation sites (tertiary alicyclic amines) is 1. The SMILES string of the molecule is COc1ccc([C@H]2CC(=O)N(Cc3cc(CF)cc(CF)c3)C2)cc1OC1CCCC1. The van der Waals surface area contributed by atoms with Crippen LogP contribution < -0.4 is 9.47 Å². The van der Waals surface area contributed by atoms with Crippen LogP contribution in [0.25, 0.3) is 0 Å². The maximum atomic E-state index is 13.1. The van der Waals surface area contributed by atoms with Gasteiger partial charge < -0.3 is 14.4 Å². The summed E-state index contributed by atoms with van der Waals surface area (Å²) in [7, 11) is 1.63. The zero-order valence-electron chi connectivity index (χ0n) is 17.9. The Morgan fingerprint density at radius 3 is 2.29 bits per heavy atom. The Morgan fingerprint density at radius 2 is 1.65 bits per heavy atom. The van der Waals surface area contributed by atoms with Crippen molar-refractivity contribution < 1.29 is 23.0 Å². The minimum atomic E-state index is -0.646. The van der Waals surface area contributed by atoms with Crippen molar-refractivity contribution in [2.75, 3.05) is 13.7 Å². The van der Waals surface area contributed by atoms with Crippen LogP contribution in [0.1, 0.15) is 60.3 Å². The smallest absolute Gasteiger partial charge is 0.223 e. The fourth-order valence-corrected chi connectivity index (χ4v) is 4.68. The van der Waals surface area contributed by atoms with Gasteiger partial charge in [-0.25, -0.2) is 8.78 Å². The molecule has 6 heteroatoms. The zero-order valence-corrected chi connectivity index (χ0v) is 17.9. The monoisotopic (exact) mass is 429 g/mol. The fraction of sp³-hybridized carbons (Fsp3) is 0.480. The van der Waals surface area contributed by atoms with Crippen molar-refractivity contribution in [1.29, 1.82) is 0 Å². The van der Waals surface area contributed by atoms with Crippen LogP contribution in [0.2, 0.25) is 0 Å². The van der Waals surface area contributed by atoms with E-state index >= 15 is 0 Å². The van der Waals surface area contributed by atoms with E-state index in [0.717, 1.165) is 29.7 Å². The minimum Gasteiger partial charge on any atom is -0.493 e. The molecule has 1 aliphatic heterocycles. The Kier molecular flexibility index (Phi) is 6.73. The number of hydrogen-bond donors (Lipinski definition) is 0. The number of carbonyl (C=O) groups excluding carboxylic acids is 1. The molecule has 0 bridgehead atoms. The van der Waals surface area contributed by atoms with Gasteiger partial charge in [-0.1, -0.05) is 24.3 Å². The van der Waals surface area contributed by atoms with E-state index in [1.54, 1.807) is 24.1 Å². The molecule has 1 amide bonds. The molecule has 2 aromatic rings. The summed E-state index contributed by atoms with van der Waals surface area (Å²) in [5.41, 5.74) is 2.69. The lowest BCUT2D eigenvalue weighted by Crippen LogP contribution is -2.24. The first-order valence-electron chi connectivity index (χ1n) is 11.0. The largest absolute Gasteiger partial charge is 0.493 e. The van der Waals surface area contributed by atoms with Crippen molar-refractivity contribution in [2.24, 2.45) is 0 Å². The number of carbonyl (C=O) groups is 1. The number of ether oxygens (including phenoxy) is 2. The van der Waals surface area contributed by atoms with E-state index in [9.17, 15) is 13.6 Å². The molecule has 0 spiro atoms. The summed E-state index contributed by atoms with van der Waals surface area (Å²) in [6, 6.07) is 10.9. The Hall–Kier alpha value is -2.63. The third-order valence-electron chi connectivity index (χ3n) is 6.26. The van der Waals surface area contributed by atoms with E-state index in [4.69, 9.17) is 9.47 Å². The number of methoxy groups -OCH3 is 1. The standard InChI is InChI=1S/C25H29F2NO3/c1-30-23-7-6-20(11-24(23)31-22-4-2-3-5-22)21-12-25(29)28(16-21)15-19-9-17(13-26)8-18(10-19)14-27/h6-11,21-22H,2-5,12-16H2,1H3/t21-/m0/s1. The summed E-state index contributed by atoms with van der Waals surface area (Å²) in [6.45, 7) is -0.364. The van der Waals surface area contributed by atoms with Crippen molar-refractivity contribution in [1.82, 2.24) is 4.90 Å². The van der Waals surface area contributed by atoms with E-state index in [2.05, 4.69) is 0 Å². The molecule has 0 aromatic heterocycles. The number of hydrogen-bond acceptors (Lipinski definition) is 3. The summed E-state index contributed by atoms with van der Waals surface area (Å²) >= 11 is 0. The quantitative estimate of drug-likeness (QED) is 0.558. The zero-order chi connectivity index (χ0) is 21.8. The summed E-state index contributed by atoms with van der Waals surface area (Å²) in [6.07, 6.45) is 5.12. The molecule has 0 N–H and O–H groups in total. The number of rotatable bonds is 8. The summed E-state index contributed by atoms with van der Waals surface area (Å²) in [5.74, 6) is 1.54. The molecule has 0 radical (unpaired) electrons. The van der Waals surface area contributed by atoms with E-state index in [1.165, 1.54) is 18.9 Å². The molecule has 1 saturated carbocycles. The van der Waals surface area contributed by atoms with Crippen molar-refractivity contribution in [3.8, 4) is 11.5 Å². The Labute approximate surface area is 182 Å². The maximum Gasteiger partial charge on any atom is 0.223 e. The van der Waals surface area contributed by atoms with E-state index in [-0.39, 0.29) is 17.9 Å². The third-order valence-corrected chi connectivity index (χ3v) is 6.26. The van der Waals surface area contributed by atoms with Crippen LogP contribution in [0.15, 0.2) is 36.4 Å². The second kappa shape index (κ2) is 9.67. The first-order valence-corrected chi connectivity index (χ1v) is 11.0. The molecular formula is C25H29F2NO3. The first-order chi connectivity index (χ1) is 15.1. The van der Waals surface area contributed by atoms with Gasteiger partial charge >= 0.3 is 0 Å². The van der Waals surface area contributed by atoms with E-state index in [1.807, 2.05) is 18.2 Å². The molecular weight excluding hydrogens is 400 g/mol. The molecule has 1 saturated heterocycles. The lowest BCUT2D eigenvalue weighted by molar-refractivity contribution is -0.128. The Balaban J connectivity index is 1.49. The van der Waals surface area contributed by atoms with Crippen LogP contribution >= 0.6 is 0 Å². The third kappa shape index (κ3) is 5.00. The summed E-state index contributed by atoms with van der Waals surface area (Å²) < 4.78 is 37.9. The van der Waals surface area contributed by atoms with Gasteiger partial charge in [0.2, 0.25) is 5.91 Å². The predicted octanol–water partition coefficient (Wildman–Crippen LogP) is 5.47. The molecule has 1 heterocycles. The predicted molar refractivity (Wildman–Crippen MR) is 115 cm³/mol. The van der Waals surface area contributed by atoms with Gasteiger partial charge in [-0.05, 0) is 60.1 Å². The number of nitrogens with zero attached hydrogens (tertiary/aromatic N) is 1. The molecule has 1 aliphatic carbocycles. The molecule has 2 aliphatic rings. The first kappa shape index (κ1) is 21.6. The van der Waals surface area contributed by atoms with Gasteiger partial charge in [0.1, 0.15) is 13.3 Å². The lowest BCUT2D eigenvalue weighted by Gasteiger charge is -2.20. The lowest BCUT2D eigenvalue weighted by atomic mass is 9.98. The van der Waals surface area contributed by atoms with Gasteiger partial charge in [0, 0.05) is 25.4 Å². The van der Waals surface area contributed by atoms with Crippen molar-refractivity contribution in [3.05, 3.63) is 58.7 Å². The van der Waals surface area contributed by atoms with Gasteiger partial charge in [0.05, 0.1) is 13.2 Å². The summed E-state index contributed by atoms with van der Waals surface area (Å²) in [5, 5.41) is 0. The highest BCUT2D eigenvalue weighted by atomic mass is 19.1. The van der Waals surface area contributed by atoms with Gasteiger partial charge in [-0.15, -0.1) is 0 Å². The number of amides is 1. The second-order valence-electron chi connectivity index (χ2n) is 8.53. The fourth-order valence-electron chi connectivity index (χ4n) is 4.68. The normalized spacial score (nSPS) is 19.3. The van der Waals surface area contributed by atoms with Crippen LogP contribution in [-0.4, -0.2) is 30.6 Å². The van der Waals surface area contributed by atoms with Crippen LogP contribution in [-0.2, 0) is 24.7 Å². The number of benzene rings is 2. The molecule has 4 rings (SSSR count). The number of halogens is 2. The average molecular weight is 430 g/mol. The molecule has 4 nitrogen and oxygen atoms in total. The molecule has 2 aromatic carbocycles. The molecule has 1 atom stereocenters. The molecule has 0 unspecified atom stereocenters. The minimum absolute atomic E-state index is 0.0477. The topological polar surface area (TPSA) is 38.8 Å². The van der Waals surface area contributed by atoms with Crippen molar-refractivity contribution in [2.45, 2.75) is 64.0 Å².